The van der Waals surface area contributed by atoms with Crippen molar-refractivity contribution in [2.24, 2.45) is 5.92 Å². The third kappa shape index (κ3) is 1.80. The van der Waals surface area contributed by atoms with Crippen LogP contribution in [0.15, 0.2) is 12.4 Å². The molecular weight excluding hydrogens is 180 g/mol. The molecule has 0 radical (unpaired) electrons. The Kier molecular flexibility index (Phi) is 2.29. The molecule has 1 aliphatic carbocycles. The quantitative estimate of drug-likeness (QED) is 0.708. The zero-order valence-electron chi connectivity index (χ0n) is 7.51. The second-order valence-corrected chi connectivity index (χ2v) is 3.33. The molecule has 1 aromatic rings. The summed E-state index contributed by atoms with van der Waals surface area (Å²) in [6.07, 6.45) is 3.93. The van der Waals surface area contributed by atoms with Crippen LogP contribution in [0.1, 0.15) is 12.1 Å². The standard InChI is InChI=1S/C9H10N4O/c10-2-7-3-12-9(4-11-7)13-8-1-6(8)5-14/h3-4,6,8,14H,1,5H2,(H,12,13). The topological polar surface area (TPSA) is 81.8 Å². The molecule has 1 heterocycles. The lowest BCUT2D eigenvalue weighted by Gasteiger charge is -2.02. The second-order valence-electron chi connectivity index (χ2n) is 3.33. The Morgan fingerprint density at radius 1 is 1.57 bits per heavy atom. The summed E-state index contributed by atoms with van der Waals surface area (Å²) < 4.78 is 0. The maximum absolute atomic E-state index is 8.82. The van der Waals surface area contributed by atoms with E-state index in [4.69, 9.17) is 10.4 Å². The lowest BCUT2D eigenvalue weighted by molar-refractivity contribution is 0.275. The highest BCUT2D eigenvalue weighted by molar-refractivity contribution is 5.36. The van der Waals surface area contributed by atoms with Crippen molar-refractivity contribution in [2.45, 2.75) is 12.5 Å². The molecule has 5 heteroatoms. The highest BCUT2D eigenvalue weighted by atomic mass is 16.3. The van der Waals surface area contributed by atoms with Crippen molar-refractivity contribution in [3.63, 3.8) is 0 Å². The van der Waals surface area contributed by atoms with Gasteiger partial charge >= 0.3 is 0 Å². The number of rotatable bonds is 3. The van der Waals surface area contributed by atoms with Gasteiger partial charge in [0.1, 0.15) is 11.9 Å². The van der Waals surface area contributed by atoms with E-state index in [0.717, 1.165) is 6.42 Å². The van der Waals surface area contributed by atoms with E-state index in [1.54, 1.807) is 0 Å². The summed E-state index contributed by atoms with van der Waals surface area (Å²) in [4.78, 5) is 7.90. The number of aromatic nitrogens is 2. The fraction of sp³-hybridized carbons (Fsp3) is 0.444. The van der Waals surface area contributed by atoms with Crippen molar-refractivity contribution in [2.75, 3.05) is 11.9 Å². The molecule has 1 aliphatic rings. The van der Waals surface area contributed by atoms with E-state index in [0.29, 0.717) is 23.5 Å². The van der Waals surface area contributed by atoms with Crippen LogP contribution in [0, 0.1) is 17.2 Å². The Labute approximate surface area is 81.4 Å². The van der Waals surface area contributed by atoms with Crippen molar-refractivity contribution in [3.05, 3.63) is 18.1 Å². The van der Waals surface area contributed by atoms with Gasteiger partial charge in [-0.05, 0) is 6.42 Å². The molecule has 0 saturated heterocycles. The molecule has 72 valence electrons. The predicted octanol–water partition coefficient (Wildman–Crippen LogP) is 0.141. The minimum absolute atomic E-state index is 0.210. The zero-order valence-corrected chi connectivity index (χ0v) is 7.51. The Balaban J connectivity index is 1.95. The first-order valence-electron chi connectivity index (χ1n) is 4.43. The summed E-state index contributed by atoms with van der Waals surface area (Å²) in [7, 11) is 0. The van der Waals surface area contributed by atoms with Gasteiger partial charge in [0.15, 0.2) is 5.69 Å². The Hall–Kier alpha value is -1.67. The molecule has 5 nitrogen and oxygen atoms in total. The fourth-order valence-corrected chi connectivity index (χ4v) is 1.28. The van der Waals surface area contributed by atoms with Crippen molar-refractivity contribution in [3.8, 4) is 6.07 Å². The molecule has 0 aromatic carbocycles. The summed E-state index contributed by atoms with van der Waals surface area (Å²) in [5, 5.41) is 20.4. The predicted molar refractivity (Wildman–Crippen MR) is 49.4 cm³/mol. The van der Waals surface area contributed by atoms with Gasteiger partial charge in [-0.25, -0.2) is 9.97 Å². The van der Waals surface area contributed by atoms with Crippen LogP contribution < -0.4 is 5.32 Å². The first kappa shape index (κ1) is 8.91. The number of nitriles is 1. The van der Waals surface area contributed by atoms with Gasteiger partial charge in [-0.15, -0.1) is 0 Å². The van der Waals surface area contributed by atoms with Gasteiger partial charge < -0.3 is 10.4 Å². The van der Waals surface area contributed by atoms with E-state index in [9.17, 15) is 0 Å². The van der Waals surface area contributed by atoms with Crippen LogP contribution in [0.4, 0.5) is 5.82 Å². The van der Waals surface area contributed by atoms with Crippen LogP contribution in [-0.4, -0.2) is 27.7 Å². The smallest absolute Gasteiger partial charge is 0.158 e. The van der Waals surface area contributed by atoms with Gasteiger partial charge in [-0.2, -0.15) is 5.26 Å². The third-order valence-corrected chi connectivity index (χ3v) is 2.26. The van der Waals surface area contributed by atoms with Gasteiger partial charge in [0.05, 0.1) is 12.4 Å². The van der Waals surface area contributed by atoms with E-state index in [-0.39, 0.29) is 6.61 Å². The Morgan fingerprint density at radius 2 is 2.43 bits per heavy atom. The minimum atomic E-state index is 0.210. The molecular formula is C9H10N4O. The van der Waals surface area contributed by atoms with E-state index < -0.39 is 0 Å². The molecule has 1 aromatic heterocycles. The number of nitrogens with one attached hydrogen (secondary N) is 1. The van der Waals surface area contributed by atoms with Crippen molar-refractivity contribution >= 4 is 5.82 Å². The molecule has 0 amide bonds. The summed E-state index contributed by atoms with van der Waals surface area (Å²) >= 11 is 0. The molecule has 14 heavy (non-hydrogen) atoms. The van der Waals surface area contributed by atoms with Gasteiger partial charge in [0.2, 0.25) is 0 Å². The summed E-state index contributed by atoms with van der Waals surface area (Å²) in [6, 6.07) is 2.21. The highest BCUT2D eigenvalue weighted by Crippen LogP contribution is 2.32. The Morgan fingerprint density at radius 3 is 2.93 bits per heavy atom. The highest BCUT2D eigenvalue weighted by Gasteiger charge is 2.36. The lowest BCUT2D eigenvalue weighted by atomic mass is 10.4. The minimum Gasteiger partial charge on any atom is -0.396 e. The molecule has 2 rings (SSSR count). The molecule has 2 unspecified atom stereocenters. The number of nitrogens with zero attached hydrogens (tertiary/aromatic N) is 3. The van der Waals surface area contributed by atoms with E-state index in [1.165, 1.54) is 12.4 Å². The van der Waals surface area contributed by atoms with Gasteiger partial charge in [0.25, 0.3) is 0 Å². The van der Waals surface area contributed by atoms with Crippen molar-refractivity contribution in [1.82, 2.24) is 9.97 Å². The molecule has 0 aliphatic heterocycles. The molecule has 2 atom stereocenters. The van der Waals surface area contributed by atoms with Gasteiger partial charge in [-0.3, -0.25) is 0 Å². The van der Waals surface area contributed by atoms with Gasteiger partial charge in [-0.1, -0.05) is 0 Å². The van der Waals surface area contributed by atoms with Crippen LogP contribution >= 0.6 is 0 Å². The maximum atomic E-state index is 8.82. The van der Waals surface area contributed by atoms with Crippen molar-refractivity contribution < 1.29 is 5.11 Å². The van der Waals surface area contributed by atoms with Crippen LogP contribution in [0.3, 0.4) is 0 Å². The number of hydrogen-bond donors (Lipinski definition) is 2. The summed E-state index contributed by atoms with van der Waals surface area (Å²) in [6.45, 7) is 0.210. The average molecular weight is 190 g/mol. The summed E-state index contributed by atoms with van der Waals surface area (Å²) in [5.41, 5.74) is 0.310. The first-order valence-corrected chi connectivity index (χ1v) is 4.43. The average Bonchev–Trinajstić information content (AvgIpc) is 2.98. The van der Waals surface area contributed by atoms with E-state index in [2.05, 4.69) is 15.3 Å². The Bertz CT molecular complexity index is 356. The molecule has 2 N–H and O–H groups in total. The largest absolute Gasteiger partial charge is 0.396 e. The lowest BCUT2D eigenvalue weighted by Crippen LogP contribution is -2.08. The molecule has 1 saturated carbocycles. The normalized spacial score (nSPS) is 24.0. The van der Waals surface area contributed by atoms with Crippen LogP contribution in [0.25, 0.3) is 0 Å². The number of anilines is 1. The van der Waals surface area contributed by atoms with Crippen LogP contribution in [0.5, 0.6) is 0 Å². The monoisotopic (exact) mass is 190 g/mol. The third-order valence-electron chi connectivity index (χ3n) is 2.26. The molecule has 0 spiro atoms. The SMILES string of the molecule is N#Cc1cnc(NC2CC2CO)cn1. The van der Waals surface area contributed by atoms with Crippen LogP contribution in [0.2, 0.25) is 0 Å². The molecule has 0 bridgehead atoms. The summed E-state index contributed by atoms with van der Waals surface area (Å²) in [5.74, 6) is 0.998. The first-order chi connectivity index (χ1) is 6.83. The number of aliphatic hydroxyl groups is 1. The van der Waals surface area contributed by atoms with Crippen LogP contribution in [-0.2, 0) is 0 Å². The number of aliphatic hydroxyl groups excluding tert-OH is 1. The van der Waals surface area contributed by atoms with Crippen molar-refractivity contribution in [1.29, 1.82) is 5.26 Å². The van der Waals surface area contributed by atoms with E-state index >= 15 is 0 Å². The zero-order chi connectivity index (χ0) is 9.97. The number of hydrogen-bond acceptors (Lipinski definition) is 5. The van der Waals surface area contributed by atoms with E-state index in [1.807, 2.05) is 6.07 Å². The molecule has 1 fully saturated rings. The van der Waals surface area contributed by atoms with Gasteiger partial charge in [0, 0.05) is 18.6 Å². The second kappa shape index (κ2) is 3.60. The fourth-order valence-electron chi connectivity index (χ4n) is 1.28. The maximum Gasteiger partial charge on any atom is 0.158 e.